The van der Waals surface area contributed by atoms with E-state index in [0.29, 0.717) is 16.2 Å². The highest BCUT2D eigenvalue weighted by Crippen LogP contribution is 2.29. The van der Waals surface area contributed by atoms with Crippen LogP contribution in [0.15, 0.2) is 41.0 Å². The molecule has 0 atom stereocenters. The average Bonchev–Trinajstić information content (AvgIpc) is 2.40. The van der Waals surface area contributed by atoms with E-state index in [2.05, 4.69) is 26.2 Å². The number of pyridine rings is 1. The number of rotatable bonds is 3. The third-order valence-electron chi connectivity index (χ3n) is 2.57. The minimum Gasteiger partial charge on any atom is -0.380 e. The molecule has 0 unspecified atom stereocenters. The fourth-order valence-corrected chi connectivity index (χ4v) is 1.99. The Morgan fingerprint density at radius 1 is 1.20 bits per heavy atom. The number of benzene rings is 1. The van der Waals surface area contributed by atoms with Crippen molar-refractivity contribution in [2.24, 2.45) is 0 Å². The maximum Gasteiger partial charge on any atom is 0.416 e. The van der Waals surface area contributed by atoms with Gasteiger partial charge in [-0.1, -0.05) is 23.7 Å². The molecule has 0 spiro atoms. The molecule has 2 aromatic rings. The molecular formula is C13H9BrClF3N2. The molecule has 106 valence electrons. The Bertz CT molecular complexity index is 600. The van der Waals surface area contributed by atoms with Crippen molar-refractivity contribution in [3.05, 3.63) is 57.3 Å². The van der Waals surface area contributed by atoms with Gasteiger partial charge in [-0.25, -0.2) is 4.98 Å². The number of alkyl halides is 3. The van der Waals surface area contributed by atoms with Crippen LogP contribution in [0, 0.1) is 0 Å². The van der Waals surface area contributed by atoms with E-state index in [4.69, 9.17) is 11.6 Å². The van der Waals surface area contributed by atoms with Gasteiger partial charge in [0.2, 0.25) is 0 Å². The minimum atomic E-state index is -4.31. The van der Waals surface area contributed by atoms with Gasteiger partial charge in [-0.3, -0.25) is 0 Å². The Morgan fingerprint density at radius 3 is 2.40 bits per heavy atom. The van der Waals surface area contributed by atoms with Crippen LogP contribution in [0.1, 0.15) is 11.1 Å². The summed E-state index contributed by atoms with van der Waals surface area (Å²) < 4.78 is 37.9. The first kappa shape index (κ1) is 15.1. The molecule has 0 aliphatic heterocycles. The summed E-state index contributed by atoms with van der Waals surface area (Å²) in [4.78, 5) is 3.94. The summed E-state index contributed by atoms with van der Waals surface area (Å²) >= 11 is 9.01. The van der Waals surface area contributed by atoms with Crippen molar-refractivity contribution in [3.8, 4) is 0 Å². The van der Waals surface area contributed by atoms with Crippen molar-refractivity contribution >= 4 is 33.2 Å². The molecule has 0 aliphatic carbocycles. The van der Waals surface area contributed by atoms with Crippen LogP contribution in [0.2, 0.25) is 5.15 Å². The SMILES string of the molecule is FC(F)(F)c1ccc(CNc2cnc(Cl)c(Br)c2)cc1. The van der Waals surface area contributed by atoms with Gasteiger partial charge in [-0.05, 0) is 39.7 Å². The predicted molar refractivity (Wildman–Crippen MR) is 75.7 cm³/mol. The maximum absolute atomic E-state index is 12.4. The Balaban J connectivity index is 2.02. The zero-order valence-corrected chi connectivity index (χ0v) is 12.4. The summed E-state index contributed by atoms with van der Waals surface area (Å²) in [5.41, 5.74) is 0.808. The van der Waals surface area contributed by atoms with Gasteiger partial charge in [-0.2, -0.15) is 13.2 Å². The maximum atomic E-state index is 12.4. The molecule has 1 aromatic heterocycles. The molecule has 0 radical (unpaired) electrons. The van der Waals surface area contributed by atoms with E-state index in [1.807, 2.05) is 0 Å². The van der Waals surface area contributed by atoms with Crippen molar-refractivity contribution in [2.45, 2.75) is 12.7 Å². The number of hydrogen-bond donors (Lipinski definition) is 1. The van der Waals surface area contributed by atoms with E-state index in [0.717, 1.165) is 23.4 Å². The number of halogens is 5. The molecule has 0 saturated carbocycles. The van der Waals surface area contributed by atoms with Gasteiger partial charge in [0.05, 0.1) is 21.9 Å². The highest BCUT2D eigenvalue weighted by atomic mass is 79.9. The van der Waals surface area contributed by atoms with Crippen LogP contribution < -0.4 is 5.32 Å². The van der Waals surface area contributed by atoms with Crippen LogP contribution in [0.25, 0.3) is 0 Å². The molecular weight excluding hydrogens is 357 g/mol. The Hall–Kier alpha value is -1.27. The lowest BCUT2D eigenvalue weighted by molar-refractivity contribution is -0.137. The van der Waals surface area contributed by atoms with Gasteiger partial charge in [0.1, 0.15) is 5.15 Å². The van der Waals surface area contributed by atoms with E-state index in [-0.39, 0.29) is 0 Å². The average molecular weight is 366 g/mol. The van der Waals surface area contributed by atoms with E-state index in [1.165, 1.54) is 12.1 Å². The summed E-state index contributed by atoms with van der Waals surface area (Å²) in [5.74, 6) is 0. The molecule has 1 N–H and O–H groups in total. The summed E-state index contributed by atoms with van der Waals surface area (Å²) in [7, 11) is 0. The van der Waals surface area contributed by atoms with Gasteiger partial charge in [0.25, 0.3) is 0 Å². The van der Waals surface area contributed by atoms with Crippen molar-refractivity contribution in [1.29, 1.82) is 0 Å². The lowest BCUT2D eigenvalue weighted by atomic mass is 10.1. The zero-order chi connectivity index (χ0) is 14.8. The normalized spacial score (nSPS) is 11.4. The molecule has 7 heteroatoms. The monoisotopic (exact) mass is 364 g/mol. The molecule has 0 saturated heterocycles. The van der Waals surface area contributed by atoms with E-state index < -0.39 is 11.7 Å². The first-order valence-corrected chi connectivity index (χ1v) is 6.74. The molecule has 1 aromatic carbocycles. The summed E-state index contributed by atoms with van der Waals surface area (Å²) in [5, 5.41) is 3.41. The Morgan fingerprint density at radius 2 is 1.85 bits per heavy atom. The third-order valence-corrected chi connectivity index (χ3v) is 3.71. The van der Waals surface area contributed by atoms with Crippen LogP contribution in [0.4, 0.5) is 18.9 Å². The van der Waals surface area contributed by atoms with Crippen molar-refractivity contribution < 1.29 is 13.2 Å². The first-order valence-electron chi connectivity index (χ1n) is 5.57. The fourth-order valence-electron chi connectivity index (χ4n) is 1.53. The van der Waals surface area contributed by atoms with Crippen molar-refractivity contribution in [1.82, 2.24) is 4.98 Å². The number of nitrogens with zero attached hydrogens (tertiary/aromatic N) is 1. The number of aromatic nitrogens is 1. The zero-order valence-electron chi connectivity index (χ0n) is 10.0. The molecule has 2 nitrogen and oxygen atoms in total. The topological polar surface area (TPSA) is 24.9 Å². The Kier molecular flexibility index (Phi) is 4.55. The Labute approximate surface area is 127 Å². The second kappa shape index (κ2) is 6.01. The van der Waals surface area contributed by atoms with E-state index >= 15 is 0 Å². The number of nitrogens with one attached hydrogen (secondary N) is 1. The van der Waals surface area contributed by atoms with Gasteiger partial charge >= 0.3 is 6.18 Å². The molecule has 1 heterocycles. The lowest BCUT2D eigenvalue weighted by Crippen LogP contribution is -2.05. The van der Waals surface area contributed by atoms with Crippen molar-refractivity contribution in [2.75, 3.05) is 5.32 Å². The molecule has 20 heavy (non-hydrogen) atoms. The molecule has 0 bridgehead atoms. The lowest BCUT2D eigenvalue weighted by Gasteiger charge is -2.09. The highest BCUT2D eigenvalue weighted by molar-refractivity contribution is 9.10. The third kappa shape index (κ3) is 3.86. The summed E-state index contributed by atoms with van der Waals surface area (Å²) in [6.45, 7) is 0.397. The largest absolute Gasteiger partial charge is 0.416 e. The van der Waals surface area contributed by atoms with E-state index in [1.54, 1.807) is 12.3 Å². The standard InChI is InChI=1S/C13H9BrClF3N2/c14-11-5-10(7-20-12(11)15)19-6-8-1-3-9(4-2-8)13(16,17)18/h1-5,7,19H,6H2. The highest BCUT2D eigenvalue weighted by Gasteiger charge is 2.29. The fraction of sp³-hybridized carbons (Fsp3) is 0.154. The second-order valence-corrected chi connectivity index (χ2v) is 5.26. The van der Waals surface area contributed by atoms with Crippen molar-refractivity contribution in [3.63, 3.8) is 0 Å². The second-order valence-electron chi connectivity index (χ2n) is 4.04. The number of hydrogen-bond acceptors (Lipinski definition) is 2. The van der Waals surface area contributed by atoms with Crippen LogP contribution >= 0.6 is 27.5 Å². The first-order chi connectivity index (χ1) is 9.36. The van der Waals surface area contributed by atoms with Crippen LogP contribution in [-0.4, -0.2) is 4.98 Å². The van der Waals surface area contributed by atoms with Gasteiger partial charge < -0.3 is 5.32 Å². The van der Waals surface area contributed by atoms with Crippen LogP contribution in [0.3, 0.4) is 0 Å². The molecule has 0 aliphatic rings. The van der Waals surface area contributed by atoms with Gasteiger partial charge in [0, 0.05) is 6.54 Å². The molecule has 2 rings (SSSR count). The quantitative estimate of drug-likeness (QED) is 0.763. The van der Waals surface area contributed by atoms with Gasteiger partial charge in [0.15, 0.2) is 0 Å². The minimum absolute atomic E-state index is 0.352. The number of anilines is 1. The molecule has 0 amide bonds. The van der Waals surface area contributed by atoms with Gasteiger partial charge in [-0.15, -0.1) is 0 Å². The predicted octanol–water partition coefficient (Wildman–Crippen LogP) is 5.13. The summed E-state index contributed by atoms with van der Waals surface area (Å²) in [6, 6.07) is 6.75. The smallest absolute Gasteiger partial charge is 0.380 e. The van der Waals surface area contributed by atoms with Crippen LogP contribution in [0.5, 0.6) is 0 Å². The van der Waals surface area contributed by atoms with E-state index in [9.17, 15) is 13.2 Å². The summed E-state index contributed by atoms with van der Waals surface area (Å²) in [6.07, 6.45) is -2.76. The van der Waals surface area contributed by atoms with Crippen LogP contribution in [-0.2, 0) is 12.7 Å². The molecule has 0 fully saturated rings.